The molecule has 0 aliphatic carbocycles. The standard InChI is InChI=1S/C7H5F3NSe/c8-7(9,10)4-1-2-6(12)5(11)3-4/h1-3H,11H2. The van der Waals surface area contributed by atoms with E-state index in [2.05, 4.69) is 16.0 Å². The van der Waals surface area contributed by atoms with Crippen molar-refractivity contribution in [1.29, 1.82) is 0 Å². The van der Waals surface area contributed by atoms with Gasteiger partial charge in [0.05, 0.1) is 0 Å². The summed E-state index contributed by atoms with van der Waals surface area (Å²) in [6.45, 7) is 0. The Bertz CT molecular complexity index is 295. The molecule has 0 saturated carbocycles. The van der Waals surface area contributed by atoms with Gasteiger partial charge in [0.1, 0.15) is 0 Å². The Morgan fingerprint density at radius 2 is 1.83 bits per heavy atom. The van der Waals surface area contributed by atoms with E-state index in [-0.39, 0.29) is 5.69 Å². The molecule has 0 saturated heterocycles. The molecule has 0 fully saturated rings. The van der Waals surface area contributed by atoms with Crippen molar-refractivity contribution in [1.82, 2.24) is 0 Å². The van der Waals surface area contributed by atoms with Crippen molar-refractivity contribution in [3.8, 4) is 0 Å². The van der Waals surface area contributed by atoms with E-state index in [1.807, 2.05) is 0 Å². The molecule has 5 heteroatoms. The summed E-state index contributed by atoms with van der Waals surface area (Å²) >= 11 is 2.56. The van der Waals surface area contributed by atoms with Crippen LogP contribution in [0.25, 0.3) is 0 Å². The molecular formula is C7H5F3NSe. The summed E-state index contributed by atoms with van der Waals surface area (Å²) < 4.78 is 36.6. The first-order chi connectivity index (χ1) is 5.41. The second kappa shape index (κ2) is 2.99. The van der Waals surface area contributed by atoms with E-state index in [0.717, 1.165) is 12.1 Å². The van der Waals surface area contributed by atoms with Gasteiger partial charge in [0.15, 0.2) is 0 Å². The summed E-state index contributed by atoms with van der Waals surface area (Å²) in [5.74, 6) is 0. The van der Waals surface area contributed by atoms with Gasteiger partial charge in [-0.1, -0.05) is 0 Å². The van der Waals surface area contributed by atoms with Crippen LogP contribution < -0.4 is 10.2 Å². The molecule has 1 nitrogen and oxygen atoms in total. The minimum absolute atomic E-state index is 0.116. The molecule has 0 unspecified atom stereocenters. The summed E-state index contributed by atoms with van der Waals surface area (Å²) in [4.78, 5) is 0. The number of hydrogen-bond donors (Lipinski definition) is 1. The molecule has 1 aromatic rings. The number of nitrogen functional groups attached to an aromatic ring is 1. The molecular weight excluding hydrogens is 234 g/mol. The van der Waals surface area contributed by atoms with Crippen molar-refractivity contribution in [3.05, 3.63) is 23.8 Å². The first-order valence-corrected chi connectivity index (χ1v) is 3.90. The third-order valence-electron chi connectivity index (χ3n) is 1.34. The van der Waals surface area contributed by atoms with E-state index in [1.54, 1.807) is 0 Å². The van der Waals surface area contributed by atoms with E-state index in [0.29, 0.717) is 4.46 Å². The Kier molecular flexibility index (Phi) is 2.35. The number of benzene rings is 1. The van der Waals surface area contributed by atoms with Gasteiger partial charge < -0.3 is 0 Å². The van der Waals surface area contributed by atoms with Gasteiger partial charge in [0.2, 0.25) is 0 Å². The second-order valence-corrected chi connectivity index (χ2v) is 3.17. The molecule has 1 rings (SSSR count). The number of nitrogens with two attached hydrogens (primary N) is 1. The fraction of sp³-hybridized carbons (Fsp3) is 0.143. The molecule has 0 aromatic heterocycles. The van der Waals surface area contributed by atoms with Gasteiger partial charge in [-0.15, -0.1) is 0 Å². The Hall–Kier alpha value is -0.671. The van der Waals surface area contributed by atoms with Crippen LogP contribution in [-0.4, -0.2) is 16.0 Å². The van der Waals surface area contributed by atoms with Crippen LogP contribution in [-0.2, 0) is 6.18 Å². The zero-order valence-electron chi connectivity index (χ0n) is 5.85. The van der Waals surface area contributed by atoms with Crippen LogP contribution >= 0.6 is 0 Å². The van der Waals surface area contributed by atoms with Crippen LogP contribution in [0.2, 0.25) is 0 Å². The zero-order valence-corrected chi connectivity index (χ0v) is 7.56. The monoisotopic (exact) mass is 240 g/mol. The topological polar surface area (TPSA) is 26.0 Å². The Morgan fingerprint density at radius 3 is 2.25 bits per heavy atom. The molecule has 0 amide bonds. The Balaban J connectivity index is 3.14. The molecule has 0 aliphatic rings. The van der Waals surface area contributed by atoms with E-state index in [4.69, 9.17) is 5.73 Å². The number of anilines is 1. The predicted octanol–water partition coefficient (Wildman–Crippen LogP) is 1.08. The third kappa shape index (κ3) is 1.93. The molecule has 0 bridgehead atoms. The van der Waals surface area contributed by atoms with E-state index in [1.165, 1.54) is 6.07 Å². The van der Waals surface area contributed by atoms with Gasteiger partial charge in [-0.2, -0.15) is 0 Å². The average molecular weight is 239 g/mol. The van der Waals surface area contributed by atoms with E-state index >= 15 is 0 Å². The molecule has 12 heavy (non-hydrogen) atoms. The molecule has 2 N–H and O–H groups in total. The van der Waals surface area contributed by atoms with Gasteiger partial charge in [-0.25, -0.2) is 0 Å². The number of halogens is 3. The van der Waals surface area contributed by atoms with Crippen molar-refractivity contribution < 1.29 is 13.2 Å². The summed E-state index contributed by atoms with van der Waals surface area (Å²) in [5.41, 5.74) is 4.68. The summed E-state index contributed by atoms with van der Waals surface area (Å²) in [5, 5.41) is 0. The quantitative estimate of drug-likeness (QED) is 0.532. The first kappa shape index (κ1) is 9.42. The van der Waals surface area contributed by atoms with Crippen LogP contribution in [0, 0.1) is 0 Å². The van der Waals surface area contributed by atoms with Gasteiger partial charge in [0.25, 0.3) is 0 Å². The second-order valence-electron chi connectivity index (χ2n) is 2.25. The molecule has 1 radical (unpaired) electrons. The molecule has 0 heterocycles. The minimum atomic E-state index is -4.32. The molecule has 0 atom stereocenters. The third-order valence-corrected chi connectivity index (χ3v) is 2.12. The van der Waals surface area contributed by atoms with Crippen molar-refractivity contribution in [2.24, 2.45) is 0 Å². The molecule has 0 aliphatic heterocycles. The normalized spacial score (nSPS) is 11.6. The van der Waals surface area contributed by atoms with Gasteiger partial charge in [0, 0.05) is 0 Å². The van der Waals surface area contributed by atoms with Gasteiger partial charge in [-0.3, -0.25) is 0 Å². The number of rotatable bonds is 0. The van der Waals surface area contributed by atoms with Crippen LogP contribution in [0.3, 0.4) is 0 Å². The predicted molar refractivity (Wildman–Crippen MR) is 41.2 cm³/mol. The number of alkyl halides is 3. The molecule has 1 aromatic carbocycles. The van der Waals surface area contributed by atoms with Crippen molar-refractivity contribution in [2.45, 2.75) is 6.18 Å². The van der Waals surface area contributed by atoms with Crippen LogP contribution in [0.4, 0.5) is 18.9 Å². The molecule has 65 valence electrons. The molecule has 0 spiro atoms. The summed E-state index contributed by atoms with van der Waals surface area (Å²) in [7, 11) is 0. The SMILES string of the molecule is Nc1cc(C(F)(F)F)ccc1[Se]. The van der Waals surface area contributed by atoms with Crippen molar-refractivity contribution in [2.75, 3.05) is 5.73 Å². The Morgan fingerprint density at radius 1 is 1.25 bits per heavy atom. The van der Waals surface area contributed by atoms with Crippen LogP contribution in [0.1, 0.15) is 5.56 Å². The van der Waals surface area contributed by atoms with Crippen LogP contribution in [0.15, 0.2) is 18.2 Å². The fourth-order valence-electron chi connectivity index (χ4n) is 0.725. The maximum atomic E-state index is 12.0. The first-order valence-electron chi connectivity index (χ1n) is 3.05. The fourth-order valence-corrected chi connectivity index (χ4v) is 0.991. The average Bonchev–Trinajstić information content (AvgIpc) is 1.92. The van der Waals surface area contributed by atoms with Crippen LogP contribution in [0.5, 0.6) is 0 Å². The van der Waals surface area contributed by atoms with Crippen molar-refractivity contribution in [3.63, 3.8) is 0 Å². The summed E-state index contributed by atoms with van der Waals surface area (Å²) in [6, 6.07) is 3.20. The van der Waals surface area contributed by atoms with E-state index in [9.17, 15) is 13.2 Å². The zero-order chi connectivity index (χ0) is 9.35. The van der Waals surface area contributed by atoms with Gasteiger partial charge in [-0.05, 0) is 0 Å². The number of hydrogen-bond acceptors (Lipinski definition) is 1. The van der Waals surface area contributed by atoms with Crippen molar-refractivity contribution >= 4 is 26.2 Å². The van der Waals surface area contributed by atoms with E-state index < -0.39 is 11.7 Å². The summed E-state index contributed by atoms with van der Waals surface area (Å²) in [6.07, 6.45) is -4.32. The Labute approximate surface area is 75.6 Å². The maximum absolute atomic E-state index is 12.0. The van der Waals surface area contributed by atoms with Gasteiger partial charge >= 0.3 is 75.0 Å².